The molecule has 1 aromatic rings. The number of carbonyl (C=O) groups excluding carboxylic acids is 1. The molecule has 0 aliphatic carbocycles. The van der Waals surface area contributed by atoms with Gasteiger partial charge in [-0.05, 0) is 31.2 Å². The minimum atomic E-state index is 0.269. The van der Waals surface area contributed by atoms with Crippen molar-refractivity contribution in [3.63, 3.8) is 0 Å². The topological polar surface area (TPSA) is 29.1 Å². The molecular weight excluding hydrogens is 222 g/mol. The van der Waals surface area contributed by atoms with Gasteiger partial charge in [0.2, 0.25) is 5.91 Å². The summed E-state index contributed by atoms with van der Waals surface area (Å²) in [5, 5.41) is 3.14. The van der Waals surface area contributed by atoms with E-state index >= 15 is 0 Å². The fourth-order valence-corrected chi connectivity index (χ4v) is 2.70. The maximum absolute atomic E-state index is 11.8. The van der Waals surface area contributed by atoms with Gasteiger partial charge in [0.05, 0.1) is 0 Å². The minimum absolute atomic E-state index is 0.269. The zero-order valence-corrected chi connectivity index (χ0v) is 11.2. The molecule has 0 aromatic heterocycles. The van der Waals surface area contributed by atoms with E-state index in [1.54, 1.807) is 0 Å². The van der Waals surface area contributed by atoms with E-state index in [1.807, 2.05) is 6.07 Å². The summed E-state index contributed by atoms with van der Waals surface area (Å²) in [7, 11) is 0. The SMILES string of the molecule is CCCCC1C[C@H](CCc2ccccc2)NC1=O. The fraction of sp³-hybridized carbons (Fsp3) is 0.562. The predicted molar refractivity (Wildman–Crippen MR) is 74.3 cm³/mol. The van der Waals surface area contributed by atoms with Gasteiger partial charge in [0.25, 0.3) is 0 Å². The number of rotatable bonds is 6. The second-order valence-electron chi connectivity index (χ2n) is 5.30. The zero-order chi connectivity index (χ0) is 12.8. The molecular formula is C16H23NO. The Morgan fingerprint density at radius 1 is 1.22 bits per heavy atom. The standard InChI is InChI=1S/C16H23NO/c1-2-3-9-14-12-15(17-16(14)18)11-10-13-7-5-4-6-8-13/h4-8,14-15H,2-3,9-12H2,1H3,(H,17,18)/t14?,15-/m0/s1. The summed E-state index contributed by atoms with van der Waals surface area (Å²) in [6.45, 7) is 2.18. The van der Waals surface area contributed by atoms with Crippen molar-refractivity contribution >= 4 is 5.91 Å². The Kier molecular flexibility index (Phi) is 4.80. The van der Waals surface area contributed by atoms with Crippen molar-refractivity contribution < 1.29 is 4.79 Å². The highest BCUT2D eigenvalue weighted by Gasteiger charge is 2.30. The lowest BCUT2D eigenvalue weighted by Gasteiger charge is -2.09. The first-order valence-electron chi connectivity index (χ1n) is 7.14. The molecule has 1 aromatic carbocycles. The lowest BCUT2D eigenvalue weighted by atomic mass is 9.96. The Labute approximate surface area is 110 Å². The molecule has 1 aliphatic heterocycles. The van der Waals surface area contributed by atoms with Crippen molar-refractivity contribution in [2.75, 3.05) is 0 Å². The number of amides is 1. The first-order chi connectivity index (χ1) is 8.79. The molecule has 1 fully saturated rings. The Balaban J connectivity index is 1.77. The Hall–Kier alpha value is -1.31. The van der Waals surface area contributed by atoms with Crippen LogP contribution in [0.1, 0.15) is 44.6 Å². The lowest BCUT2D eigenvalue weighted by Crippen LogP contribution is -2.26. The number of carbonyl (C=O) groups is 1. The normalized spacial score (nSPS) is 23.1. The second-order valence-corrected chi connectivity index (χ2v) is 5.30. The van der Waals surface area contributed by atoms with Crippen LogP contribution in [0.25, 0.3) is 0 Å². The highest BCUT2D eigenvalue weighted by atomic mass is 16.2. The van der Waals surface area contributed by atoms with Gasteiger partial charge in [-0.3, -0.25) is 4.79 Å². The van der Waals surface area contributed by atoms with Crippen LogP contribution in [0.3, 0.4) is 0 Å². The average Bonchev–Trinajstić information content (AvgIpc) is 2.76. The molecule has 1 aliphatic rings. The maximum atomic E-state index is 11.8. The van der Waals surface area contributed by atoms with E-state index in [2.05, 4.69) is 36.5 Å². The van der Waals surface area contributed by atoms with Gasteiger partial charge in [0, 0.05) is 12.0 Å². The third-order valence-electron chi connectivity index (χ3n) is 3.82. The van der Waals surface area contributed by atoms with Crippen molar-refractivity contribution in [2.24, 2.45) is 5.92 Å². The van der Waals surface area contributed by atoms with Crippen molar-refractivity contribution in [1.29, 1.82) is 0 Å². The Morgan fingerprint density at radius 2 is 2.00 bits per heavy atom. The van der Waals surface area contributed by atoms with Crippen molar-refractivity contribution in [2.45, 2.75) is 51.5 Å². The molecule has 1 unspecified atom stereocenters. The molecule has 0 saturated carbocycles. The van der Waals surface area contributed by atoms with E-state index in [1.165, 1.54) is 18.4 Å². The molecule has 2 rings (SSSR count). The monoisotopic (exact) mass is 245 g/mol. The average molecular weight is 245 g/mol. The smallest absolute Gasteiger partial charge is 0.223 e. The number of hydrogen-bond donors (Lipinski definition) is 1. The highest BCUT2D eigenvalue weighted by molar-refractivity contribution is 5.81. The summed E-state index contributed by atoms with van der Waals surface area (Å²) in [6, 6.07) is 10.9. The number of unbranched alkanes of at least 4 members (excludes halogenated alkanes) is 1. The maximum Gasteiger partial charge on any atom is 0.223 e. The third-order valence-corrected chi connectivity index (χ3v) is 3.82. The molecule has 0 spiro atoms. The molecule has 18 heavy (non-hydrogen) atoms. The van der Waals surface area contributed by atoms with Gasteiger partial charge in [-0.25, -0.2) is 0 Å². The number of hydrogen-bond acceptors (Lipinski definition) is 1. The largest absolute Gasteiger partial charge is 0.353 e. The summed E-state index contributed by atoms with van der Waals surface area (Å²) in [5.74, 6) is 0.548. The van der Waals surface area contributed by atoms with Gasteiger partial charge in [-0.1, -0.05) is 50.1 Å². The van der Waals surface area contributed by atoms with E-state index in [-0.39, 0.29) is 11.8 Å². The molecule has 1 amide bonds. The van der Waals surface area contributed by atoms with E-state index in [9.17, 15) is 4.79 Å². The number of benzene rings is 1. The predicted octanol–water partition coefficient (Wildman–Crippen LogP) is 3.31. The first kappa shape index (κ1) is 13.1. The van der Waals surface area contributed by atoms with Gasteiger partial charge >= 0.3 is 0 Å². The molecule has 1 N–H and O–H groups in total. The van der Waals surface area contributed by atoms with Crippen LogP contribution >= 0.6 is 0 Å². The Morgan fingerprint density at radius 3 is 2.72 bits per heavy atom. The lowest BCUT2D eigenvalue weighted by molar-refractivity contribution is -0.122. The van der Waals surface area contributed by atoms with Crippen LogP contribution in [0.5, 0.6) is 0 Å². The van der Waals surface area contributed by atoms with Crippen LogP contribution in [-0.2, 0) is 11.2 Å². The molecule has 0 bridgehead atoms. The minimum Gasteiger partial charge on any atom is -0.353 e. The number of aryl methyl sites for hydroxylation is 1. The molecule has 0 radical (unpaired) electrons. The molecule has 1 saturated heterocycles. The van der Waals surface area contributed by atoms with Crippen LogP contribution in [0.4, 0.5) is 0 Å². The van der Waals surface area contributed by atoms with Crippen LogP contribution in [0.2, 0.25) is 0 Å². The molecule has 1 heterocycles. The number of nitrogens with one attached hydrogen (secondary N) is 1. The fourth-order valence-electron chi connectivity index (χ4n) is 2.70. The van der Waals surface area contributed by atoms with E-state index in [4.69, 9.17) is 0 Å². The second kappa shape index (κ2) is 6.58. The van der Waals surface area contributed by atoms with E-state index in [0.29, 0.717) is 6.04 Å². The van der Waals surface area contributed by atoms with Crippen molar-refractivity contribution in [1.82, 2.24) is 5.32 Å². The van der Waals surface area contributed by atoms with E-state index in [0.717, 1.165) is 25.7 Å². The molecule has 2 heteroatoms. The van der Waals surface area contributed by atoms with Gasteiger partial charge in [0.15, 0.2) is 0 Å². The molecule has 2 atom stereocenters. The molecule has 98 valence electrons. The van der Waals surface area contributed by atoms with Gasteiger partial charge in [-0.15, -0.1) is 0 Å². The zero-order valence-electron chi connectivity index (χ0n) is 11.2. The summed E-state index contributed by atoms with van der Waals surface area (Å²) >= 11 is 0. The van der Waals surface area contributed by atoms with Crippen molar-refractivity contribution in [3.8, 4) is 0 Å². The summed E-state index contributed by atoms with van der Waals surface area (Å²) in [4.78, 5) is 11.8. The summed E-state index contributed by atoms with van der Waals surface area (Å²) in [5.41, 5.74) is 1.36. The van der Waals surface area contributed by atoms with Crippen LogP contribution in [-0.4, -0.2) is 11.9 Å². The van der Waals surface area contributed by atoms with Crippen LogP contribution < -0.4 is 5.32 Å². The Bertz CT molecular complexity index is 374. The third kappa shape index (κ3) is 3.59. The van der Waals surface area contributed by atoms with Gasteiger partial charge < -0.3 is 5.32 Å². The highest BCUT2D eigenvalue weighted by Crippen LogP contribution is 2.23. The van der Waals surface area contributed by atoms with Crippen LogP contribution in [0, 0.1) is 5.92 Å². The summed E-state index contributed by atoms with van der Waals surface area (Å²) in [6.07, 6.45) is 6.57. The van der Waals surface area contributed by atoms with Gasteiger partial charge in [-0.2, -0.15) is 0 Å². The molecule has 2 nitrogen and oxygen atoms in total. The van der Waals surface area contributed by atoms with Gasteiger partial charge in [0.1, 0.15) is 0 Å². The van der Waals surface area contributed by atoms with Crippen molar-refractivity contribution in [3.05, 3.63) is 35.9 Å². The quantitative estimate of drug-likeness (QED) is 0.818. The van der Waals surface area contributed by atoms with E-state index < -0.39 is 0 Å². The van der Waals surface area contributed by atoms with Crippen LogP contribution in [0.15, 0.2) is 30.3 Å². The summed E-state index contributed by atoms with van der Waals surface area (Å²) < 4.78 is 0. The first-order valence-corrected chi connectivity index (χ1v) is 7.14.